The van der Waals surface area contributed by atoms with Crippen molar-refractivity contribution in [2.75, 3.05) is 7.11 Å². The Morgan fingerprint density at radius 2 is 1.44 bits per heavy atom. The summed E-state index contributed by atoms with van der Waals surface area (Å²) in [6, 6.07) is 16.4. The van der Waals surface area contributed by atoms with Gasteiger partial charge in [-0.2, -0.15) is 13.2 Å². The lowest BCUT2D eigenvalue weighted by molar-refractivity contribution is -0.140. The highest BCUT2D eigenvalue weighted by Crippen LogP contribution is 2.43. The van der Waals surface area contributed by atoms with Gasteiger partial charge in [0.2, 0.25) is 0 Å². The van der Waals surface area contributed by atoms with Gasteiger partial charge in [0.1, 0.15) is 5.69 Å². The lowest BCUT2D eigenvalue weighted by atomic mass is 9.97. The van der Waals surface area contributed by atoms with E-state index in [0.717, 1.165) is 7.11 Å². The van der Waals surface area contributed by atoms with E-state index in [2.05, 4.69) is 4.98 Å². The number of ether oxygens (including phenoxy) is 1. The first kappa shape index (κ1) is 16.8. The fraction of sp³-hybridized carbons (Fsp3) is 0.105. The summed E-state index contributed by atoms with van der Waals surface area (Å²) in [6.07, 6.45) is -4.65. The van der Waals surface area contributed by atoms with E-state index >= 15 is 0 Å². The smallest absolute Gasteiger partial charge is 0.431 e. The molecule has 0 unspecified atom stereocenters. The summed E-state index contributed by atoms with van der Waals surface area (Å²) in [4.78, 5) is 14.7. The molecule has 1 aromatic heterocycles. The van der Waals surface area contributed by atoms with Crippen LogP contribution in [-0.2, 0) is 10.9 Å². The molecule has 0 bridgehead atoms. The van der Waals surface area contributed by atoms with Gasteiger partial charge in [-0.1, -0.05) is 60.7 Å². The number of rotatable bonds is 3. The summed E-state index contributed by atoms with van der Waals surface area (Å²) in [5.74, 6) is -0.829. The number of aromatic amines is 1. The molecule has 0 aliphatic rings. The van der Waals surface area contributed by atoms with E-state index in [9.17, 15) is 18.0 Å². The molecule has 0 spiro atoms. The molecule has 0 saturated carbocycles. The number of halogens is 3. The molecule has 0 saturated heterocycles. The molecule has 0 atom stereocenters. The van der Waals surface area contributed by atoms with Crippen molar-refractivity contribution < 1.29 is 22.7 Å². The Morgan fingerprint density at radius 1 is 0.920 bits per heavy atom. The zero-order valence-corrected chi connectivity index (χ0v) is 13.2. The number of aromatic nitrogens is 1. The van der Waals surface area contributed by atoms with Crippen LogP contribution in [0.1, 0.15) is 16.1 Å². The largest absolute Gasteiger partial charge is 0.465 e. The molecule has 0 aliphatic heterocycles. The Kier molecular flexibility index (Phi) is 4.35. The minimum atomic E-state index is -4.65. The molecular weight excluding hydrogens is 331 g/mol. The number of carbonyl (C=O) groups is 1. The van der Waals surface area contributed by atoms with Crippen LogP contribution in [0.5, 0.6) is 0 Å². The van der Waals surface area contributed by atoms with Gasteiger partial charge < -0.3 is 9.72 Å². The van der Waals surface area contributed by atoms with Crippen LogP contribution in [0.25, 0.3) is 22.4 Å². The van der Waals surface area contributed by atoms with Crippen LogP contribution in [0.4, 0.5) is 13.2 Å². The van der Waals surface area contributed by atoms with Crippen LogP contribution in [0.3, 0.4) is 0 Å². The predicted molar refractivity (Wildman–Crippen MR) is 88.0 cm³/mol. The molecule has 1 heterocycles. The van der Waals surface area contributed by atoms with E-state index < -0.39 is 17.8 Å². The average molecular weight is 345 g/mol. The van der Waals surface area contributed by atoms with Gasteiger partial charge in [-0.05, 0) is 11.1 Å². The Balaban J connectivity index is 2.38. The quantitative estimate of drug-likeness (QED) is 0.667. The topological polar surface area (TPSA) is 42.1 Å². The monoisotopic (exact) mass is 345 g/mol. The standard InChI is InChI=1S/C19H14F3NO2/c1-25-18(24)15-14(12-8-4-2-5-9-12)17(19(20,21)22)23-16(15)13-10-6-3-7-11-13/h2-11,23H,1H3. The van der Waals surface area contributed by atoms with Gasteiger partial charge in [-0.3, -0.25) is 0 Å². The second kappa shape index (κ2) is 6.47. The Bertz CT molecular complexity index is 884. The number of alkyl halides is 3. The highest BCUT2D eigenvalue weighted by atomic mass is 19.4. The van der Waals surface area contributed by atoms with Crippen LogP contribution in [0, 0.1) is 0 Å². The normalized spacial score (nSPS) is 11.4. The average Bonchev–Trinajstić information content (AvgIpc) is 3.03. The number of hydrogen-bond acceptors (Lipinski definition) is 2. The van der Waals surface area contributed by atoms with Crippen molar-refractivity contribution in [2.24, 2.45) is 0 Å². The molecule has 3 rings (SSSR count). The first-order chi connectivity index (χ1) is 11.9. The number of benzene rings is 2. The second-order valence-corrected chi connectivity index (χ2v) is 5.35. The van der Waals surface area contributed by atoms with Crippen LogP contribution >= 0.6 is 0 Å². The van der Waals surface area contributed by atoms with Crippen molar-refractivity contribution in [2.45, 2.75) is 6.18 Å². The third-order valence-corrected chi connectivity index (χ3v) is 3.80. The fourth-order valence-corrected chi connectivity index (χ4v) is 2.73. The maximum Gasteiger partial charge on any atom is 0.431 e. The Morgan fingerprint density at radius 3 is 1.92 bits per heavy atom. The maximum atomic E-state index is 13.6. The minimum Gasteiger partial charge on any atom is -0.465 e. The van der Waals surface area contributed by atoms with Crippen molar-refractivity contribution in [1.29, 1.82) is 0 Å². The number of esters is 1. The zero-order chi connectivity index (χ0) is 18.0. The number of methoxy groups -OCH3 is 1. The summed E-state index contributed by atoms with van der Waals surface area (Å²) in [7, 11) is 1.14. The van der Waals surface area contributed by atoms with Crippen LogP contribution in [0.15, 0.2) is 60.7 Å². The van der Waals surface area contributed by atoms with Gasteiger partial charge in [-0.25, -0.2) is 4.79 Å². The molecule has 2 aromatic carbocycles. The molecular formula is C19H14F3NO2. The van der Waals surface area contributed by atoms with Gasteiger partial charge in [0.05, 0.1) is 18.4 Å². The van der Waals surface area contributed by atoms with E-state index in [-0.39, 0.29) is 22.4 Å². The molecule has 1 N–H and O–H groups in total. The summed E-state index contributed by atoms with van der Waals surface area (Å²) < 4.78 is 45.6. The van der Waals surface area contributed by atoms with E-state index in [1.54, 1.807) is 48.5 Å². The Hall–Kier alpha value is -3.02. The molecule has 0 aliphatic carbocycles. The molecule has 6 heteroatoms. The molecule has 0 fully saturated rings. The van der Waals surface area contributed by atoms with E-state index in [1.165, 1.54) is 12.1 Å². The van der Waals surface area contributed by atoms with Gasteiger partial charge in [0.15, 0.2) is 0 Å². The van der Waals surface area contributed by atoms with Crippen LogP contribution < -0.4 is 0 Å². The molecule has 0 amide bonds. The zero-order valence-electron chi connectivity index (χ0n) is 13.2. The van der Waals surface area contributed by atoms with Gasteiger partial charge in [-0.15, -0.1) is 0 Å². The molecule has 25 heavy (non-hydrogen) atoms. The summed E-state index contributed by atoms with van der Waals surface area (Å²) >= 11 is 0. The minimum absolute atomic E-state index is 0.0821. The van der Waals surface area contributed by atoms with Crippen molar-refractivity contribution >= 4 is 5.97 Å². The molecule has 0 radical (unpaired) electrons. The summed E-state index contributed by atoms with van der Waals surface area (Å²) in [6.45, 7) is 0. The lowest BCUT2D eigenvalue weighted by Crippen LogP contribution is -2.09. The number of nitrogens with one attached hydrogen (secondary N) is 1. The lowest BCUT2D eigenvalue weighted by Gasteiger charge is -2.09. The Labute approximate surface area is 142 Å². The highest BCUT2D eigenvalue weighted by Gasteiger charge is 2.40. The first-order valence-electron chi connectivity index (χ1n) is 7.45. The third kappa shape index (κ3) is 3.15. The van der Waals surface area contributed by atoms with E-state index in [0.29, 0.717) is 5.56 Å². The SMILES string of the molecule is COC(=O)c1c(-c2ccccc2)[nH]c(C(F)(F)F)c1-c1ccccc1. The van der Waals surface area contributed by atoms with E-state index in [1.807, 2.05) is 0 Å². The van der Waals surface area contributed by atoms with Gasteiger partial charge in [0, 0.05) is 5.56 Å². The van der Waals surface area contributed by atoms with Crippen LogP contribution in [0.2, 0.25) is 0 Å². The van der Waals surface area contributed by atoms with Gasteiger partial charge in [0.25, 0.3) is 0 Å². The van der Waals surface area contributed by atoms with E-state index in [4.69, 9.17) is 4.74 Å². The summed E-state index contributed by atoms with van der Waals surface area (Å²) in [5, 5.41) is 0. The fourth-order valence-electron chi connectivity index (χ4n) is 2.73. The highest BCUT2D eigenvalue weighted by molar-refractivity contribution is 6.04. The third-order valence-electron chi connectivity index (χ3n) is 3.80. The summed E-state index contributed by atoms with van der Waals surface area (Å²) in [5.41, 5.74) is -0.480. The molecule has 128 valence electrons. The van der Waals surface area contributed by atoms with Gasteiger partial charge >= 0.3 is 12.1 Å². The number of hydrogen-bond donors (Lipinski definition) is 1. The van der Waals surface area contributed by atoms with Crippen molar-refractivity contribution in [3.05, 3.63) is 71.9 Å². The molecule has 3 nitrogen and oxygen atoms in total. The van der Waals surface area contributed by atoms with Crippen molar-refractivity contribution in [3.8, 4) is 22.4 Å². The maximum absolute atomic E-state index is 13.6. The number of H-pyrrole nitrogens is 1. The second-order valence-electron chi connectivity index (χ2n) is 5.35. The van der Waals surface area contributed by atoms with Crippen molar-refractivity contribution in [1.82, 2.24) is 4.98 Å². The number of carbonyl (C=O) groups excluding carboxylic acids is 1. The van der Waals surface area contributed by atoms with Crippen LogP contribution in [-0.4, -0.2) is 18.1 Å². The first-order valence-corrected chi connectivity index (χ1v) is 7.45. The molecule has 3 aromatic rings. The van der Waals surface area contributed by atoms with Crippen molar-refractivity contribution in [3.63, 3.8) is 0 Å². The predicted octanol–water partition coefficient (Wildman–Crippen LogP) is 5.15.